The number of carbonyl (C=O) groups excluding carboxylic acids is 1. The van der Waals surface area contributed by atoms with E-state index in [0.29, 0.717) is 13.0 Å². The van der Waals surface area contributed by atoms with Crippen molar-refractivity contribution in [2.45, 2.75) is 20.3 Å². The lowest BCUT2D eigenvalue weighted by Crippen LogP contribution is -2.15. The van der Waals surface area contributed by atoms with Crippen molar-refractivity contribution in [1.29, 1.82) is 0 Å². The smallest absolute Gasteiger partial charge is 0.230 e. The lowest BCUT2D eigenvalue weighted by Gasteiger charge is -2.07. The van der Waals surface area contributed by atoms with Gasteiger partial charge in [0.2, 0.25) is 5.91 Å². The third-order valence-electron chi connectivity index (χ3n) is 4.51. The predicted molar refractivity (Wildman–Crippen MR) is 113 cm³/mol. The van der Waals surface area contributed by atoms with Crippen LogP contribution < -0.4 is 10.1 Å². The number of amides is 1. The number of thiazole rings is 1. The van der Waals surface area contributed by atoms with E-state index in [1.54, 1.807) is 0 Å². The highest BCUT2D eigenvalue weighted by atomic mass is 32.1. The maximum absolute atomic E-state index is 12.5. The number of imidazole rings is 1. The van der Waals surface area contributed by atoms with Gasteiger partial charge in [0.1, 0.15) is 5.75 Å². The largest absolute Gasteiger partial charge is 0.494 e. The van der Waals surface area contributed by atoms with Crippen LogP contribution in [-0.4, -0.2) is 21.9 Å². The molecule has 2 aromatic carbocycles. The van der Waals surface area contributed by atoms with Gasteiger partial charge in [0.15, 0.2) is 4.96 Å². The highest BCUT2D eigenvalue weighted by Gasteiger charge is 2.13. The Morgan fingerprint density at radius 3 is 2.71 bits per heavy atom. The van der Waals surface area contributed by atoms with E-state index in [0.717, 1.165) is 38.9 Å². The zero-order chi connectivity index (χ0) is 19.5. The minimum atomic E-state index is -0.0367. The Kier molecular flexibility index (Phi) is 5.12. The fraction of sp³-hybridized carbons (Fsp3) is 0.182. The highest BCUT2D eigenvalue weighted by molar-refractivity contribution is 7.15. The third kappa shape index (κ3) is 3.77. The number of hydrogen-bond acceptors (Lipinski definition) is 4. The quantitative estimate of drug-likeness (QED) is 0.506. The zero-order valence-electron chi connectivity index (χ0n) is 15.8. The van der Waals surface area contributed by atoms with Crippen LogP contribution in [0.3, 0.4) is 0 Å². The van der Waals surface area contributed by atoms with E-state index in [1.165, 1.54) is 11.3 Å². The van der Waals surface area contributed by atoms with Gasteiger partial charge in [-0.05, 0) is 49.7 Å². The Morgan fingerprint density at radius 2 is 1.96 bits per heavy atom. The molecule has 1 amide bonds. The summed E-state index contributed by atoms with van der Waals surface area (Å²) in [7, 11) is 0. The van der Waals surface area contributed by atoms with E-state index in [9.17, 15) is 4.79 Å². The molecule has 142 valence electrons. The van der Waals surface area contributed by atoms with Gasteiger partial charge in [0.05, 0.1) is 18.7 Å². The Balaban J connectivity index is 1.53. The van der Waals surface area contributed by atoms with Crippen LogP contribution in [0, 0.1) is 6.92 Å². The summed E-state index contributed by atoms with van der Waals surface area (Å²) in [6, 6.07) is 15.7. The van der Waals surface area contributed by atoms with Crippen molar-refractivity contribution in [3.05, 3.63) is 71.4 Å². The van der Waals surface area contributed by atoms with Crippen LogP contribution in [-0.2, 0) is 11.2 Å². The Bertz CT molecular complexity index is 1110. The van der Waals surface area contributed by atoms with Gasteiger partial charge in [-0.3, -0.25) is 9.20 Å². The fourth-order valence-corrected chi connectivity index (χ4v) is 3.93. The first-order valence-corrected chi connectivity index (χ1v) is 10.1. The minimum Gasteiger partial charge on any atom is -0.494 e. The summed E-state index contributed by atoms with van der Waals surface area (Å²) in [4.78, 5) is 18.1. The molecular weight excluding hydrogens is 370 g/mol. The normalized spacial score (nSPS) is 10.9. The van der Waals surface area contributed by atoms with Crippen LogP contribution in [0.25, 0.3) is 16.2 Å². The van der Waals surface area contributed by atoms with Gasteiger partial charge in [0.25, 0.3) is 0 Å². The molecule has 0 fully saturated rings. The van der Waals surface area contributed by atoms with Crippen LogP contribution in [0.1, 0.15) is 18.2 Å². The van der Waals surface area contributed by atoms with Crippen molar-refractivity contribution >= 4 is 27.9 Å². The van der Waals surface area contributed by atoms with Gasteiger partial charge >= 0.3 is 0 Å². The van der Waals surface area contributed by atoms with Crippen molar-refractivity contribution < 1.29 is 9.53 Å². The molecule has 0 radical (unpaired) electrons. The average molecular weight is 391 g/mol. The van der Waals surface area contributed by atoms with Crippen molar-refractivity contribution in [3.8, 4) is 17.0 Å². The van der Waals surface area contributed by atoms with E-state index in [4.69, 9.17) is 9.72 Å². The standard InChI is InChI=1S/C22H21N3O2S/c1-3-27-18-10-8-16(9-11-18)20-13-25-17(14-28-22(25)24-20)12-21(26)23-19-7-5-4-6-15(19)2/h4-11,13-14H,3,12H2,1-2H3,(H,23,26). The number of rotatable bonds is 6. The molecule has 0 bridgehead atoms. The summed E-state index contributed by atoms with van der Waals surface area (Å²) in [5.41, 5.74) is 4.73. The summed E-state index contributed by atoms with van der Waals surface area (Å²) in [6.45, 7) is 4.60. The number of anilines is 1. The molecule has 0 unspecified atom stereocenters. The van der Waals surface area contributed by atoms with Gasteiger partial charge in [-0.15, -0.1) is 11.3 Å². The van der Waals surface area contributed by atoms with Crippen LogP contribution in [0.15, 0.2) is 60.1 Å². The molecule has 4 aromatic rings. The molecule has 0 saturated carbocycles. The summed E-state index contributed by atoms with van der Waals surface area (Å²) in [5.74, 6) is 0.811. The molecule has 0 aliphatic rings. The first-order chi connectivity index (χ1) is 13.6. The van der Waals surface area contributed by atoms with Crippen molar-refractivity contribution in [2.24, 2.45) is 0 Å². The molecule has 0 atom stereocenters. The fourth-order valence-electron chi connectivity index (χ4n) is 3.06. The number of hydrogen-bond donors (Lipinski definition) is 1. The number of carbonyl (C=O) groups is 1. The van der Waals surface area contributed by atoms with Crippen LogP contribution in [0.5, 0.6) is 5.75 Å². The average Bonchev–Trinajstić information content (AvgIpc) is 3.27. The summed E-state index contributed by atoms with van der Waals surface area (Å²) < 4.78 is 7.49. The second-order valence-corrected chi connectivity index (χ2v) is 7.34. The first-order valence-electron chi connectivity index (χ1n) is 9.18. The molecule has 1 N–H and O–H groups in total. The highest BCUT2D eigenvalue weighted by Crippen LogP contribution is 2.26. The SMILES string of the molecule is CCOc1ccc(-c2cn3c(CC(=O)Nc4ccccc4C)csc3n2)cc1. The molecule has 28 heavy (non-hydrogen) atoms. The molecule has 0 spiro atoms. The number of aryl methyl sites for hydroxylation is 1. The number of benzene rings is 2. The summed E-state index contributed by atoms with van der Waals surface area (Å²) in [5, 5.41) is 4.98. The van der Waals surface area contributed by atoms with Gasteiger partial charge in [-0.2, -0.15) is 0 Å². The third-order valence-corrected chi connectivity index (χ3v) is 5.39. The Morgan fingerprint density at radius 1 is 1.18 bits per heavy atom. The van der Waals surface area contributed by atoms with E-state index in [2.05, 4.69) is 5.32 Å². The molecular formula is C22H21N3O2S. The summed E-state index contributed by atoms with van der Waals surface area (Å²) >= 11 is 1.54. The number of nitrogens with one attached hydrogen (secondary N) is 1. The lowest BCUT2D eigenvalue weighted by atomic mass is 10.1. The Hall–Kier alpha value is -3.12. The number of ether oxygens (including phenoxy) is 1. The molecule has 0 saturated heterocycles. The van der Waals surface area contributed by atoms with E-state index in [-0.39, 0.29) is 5.91 Å². The predicted octanol–water partition coefficient (Wildman–Crippen LogP) is 4.95. The lowest BCUT2D eigenvalue weighted by molar-refractivity contribution is -0.115. The molecule has 5 nitrogen and oxygen atoms in total. The van der Waals surface area contributed by atoms with Crippen LogP contribution >= 0.6 is 11.3 Å². The monoisotopic (exact) mass is 391 g/mol. The first kappa shape index (κ1) is 18.3. The molecule has 4 rings (SSSR count). The second-order valence-electron chi connectivity index (χ2n) is 6.50. The number of para-hydroxylation sites is 1. The van der Waals surface area contributed by atoms with E-state index < -0.39 is 0 Å². The maximum Gasteiger partial charge on any atom is 0.230 e. The van der Waals surface area contributed by atoms with E-state index in [1.807, 2.05) is 78.4 Å². The number of nitrogens with zero attached hydrogens (tertiary/aromatic N) is 2. The van der Waals surface area contributed by atoms with Crippen molar-refractivity contribution in [2.75, 3.05) is 11.9 Å². The Labute approximate surface area is 167 Å². The number of fused-ring (bicyclic) bond motifs is 1. The molecule has 6 heteroatoms. The van der Waals surface area contributed by atoms with Crippen molar-refractivity contribution in [1.82, 2.24) is 9.38 Å². The van der Waals surface area contributed by atoms with Crippen LogP contribution in [0.4, 0.5) is 5.69 Å². The zero-order valence-corrected chi connectivity index (χ0v) is 16.6. The van der Waals surface area contributed by atoms with Gasteiger partial charge in [-0.25, -0.2) is 4.98 Å². The molecule has 0 aliphatic heterocycles. The van der Waals surface area contributed by atoms with Crippen LogP contribution in [0.2, 0.25) is 0 Å². The maximum atomic E-state index is 12.5. The second kappa shape index (κ2) is 7.86. The minimum absolute atomic E-state index is 0.0367. The summed E-state index contributed by atoms with van der Waals surface area (Å²) in [6.07, 6.45) is 2.28. The van der Waals surface area contributed by atoms with Gasteiger partial charge < -0.3 is 10.1 Å². The number of aromatic nitrogens is 2. The van der Waals surface area contributed by atoms with E-state index >= 15 is 0 Å². The molecule has 2 heterocycles. The van der Waals surface area contributed by atoms with Gasteiger partial charge in [-0.1, -0.05) is 18.2 Å². The molecule has 2 aromatic heterocycles. The van der Waals surface area contributed by atoms with Crippen molar-refractivity contribution in [3.63, 3.8) is 0 Å². The molecule has 0 aliphatic carbocycles. The topological polar surface area (TPSA) is 55.6 Å². The van der Waals surface area contributed by atoms with Gasteiger partial charge in [0, 0.05) is 28.5 Å².